The van der Waals surface area contributed by atoms with Crippen LogP contribution in [0, 0.1) is 0 Å². The zero-order chi connectivity index (χ0) is 26.4. The van der Waals surface area contributed by atoms with E-state index in [0.29, 0.717) is 34.4 Å². The first-order valence-electron chi connectivity index (χ1n) is 11.5. The van der Waals surface area contributed by atoms with E-state index < -0.39 is 23.4 Å². The van der Waals surface area contributed by atoms with Gasteiger partial charge >= 0.3 is 12.2 Å². The van der Waals surface area contributed by atoms with Crippen LogP contribution < -0.4 is 0 Å². The summed E-state index contributed by atoms with van der Waals surface area (Å²) in [5.41, 5.74) is -0.435. The molecule has 0 fully saturated rings. The Balaban J connectivity index is 2.20. The van der Waals surface area contributed by atoms with Crippen LogP contribution in [0.25, 0.3) is 33.2 Å². The normalized spacial score (nSPS) is 12.1. The van der Waals surface area contributed by atoms with E-state index in [1.54, 1.807) is 90.1 Å². The van der Waals surface area contributed by atoms with Gasteiger partial charge in [0.05, 0.1) is 33.5 Å². The quantitative estimate of drug-likeness (QED) is 0.307. The third kappa shape index (κ3) is 4.30. The van der Waals surface area contributed by atoms with E-state index >= 15 is 0 Å². The molecule has 0 amide bonds. The first-order valence-corrected chi connectivity index (χ1v) is 11.5. The van der Waals surface area contributed by atoms with Crippen LogP contribution in [-0.2, 0) is 9.47 Å². The van der Waals surface area contributed by atoms with Gasteiger partial charge in [-0.1, -0.05) is 36.4 Å². The minimum absolute atomic E-state index is 0.0737. The number of rotatable bonds is 3. The van der Waals surface area contributed by atoms with Gasteiger partial charge in [-0.15, -0.1) is 0 Å². The topological polar surface area (TPSA) is 96.6 Å². The summed E-state index contributed by atoms with van der Waals surface area (Å²) in [4.78, 5) is 52.0. The molecule has 8 heteroatoms. The molecule has 186 valence electrons. The lowest BCUT2D eigenvalue weighted by Gasteiger charge is -2.23. The average molecular weight is 489 g/mol. The van der Waals surface area contributed by atoms with Crippen molar-refractivity contribution in [2.24, 2.45) is 0 Å². The van der Waals surface area contributed by atoms with E-state index in [-0.39, 0.29) is 22.5 Å². The lowest BCUT2D eigenvalue weighted by molar-refractivity contribution is 0.0527. The van der Waals surface area contributed by atoms with Crippen LogP contribution in [0.4, 0.5) is 9.59 Å². The second-order valence-corrected chi connectivity index (χ2v) is 10.4. The highest BCUT2D eigenvalue weighted by Gasteiger charge is 2.33. The first-order chi connectivity index (χ1) is 16.9. The summed E-state index contributed by atoms with van der Waals surface area (Å²) in [6.45, 7) is 10.4. The number of fused-ring (bicyclic) bond motifs is 2. The van der Waals surface area contributed by atoms with E-state index in [1.807, 2.05) is 0 Å². The molecule has 0 radical (unpaired) electrons. The number of nitrogens with zero attached hydrogens (tertiary/aromatic N) is 2. The highest BCUT2D eigenvalue weighted by molar-refractivity contribution is 6.15. The summed E-state index contributed by atoms with van der Waals surface area (Å²) in [6.07, 6.45) is -0.270. The molecular formula is C28H28N2O6. The van der Waals surface area contributed by atoms with Crippen molar-refractivity contribution in [3.05, 3.63) is 59.7 Å². The van der Waals surface area contributed by atoms with Crippen molar-refractivity contribution >= 4 is 46.6 Å². The molecule has 0 bridgehead atoms. The van der Waals surface area contributed by atoms with Gasteiger partial charge in [0.15, 0.2) is 12.6 Å². The van der Waals surface area contributed by atoms with E-state index in [9.17, 15) is 19.2 Å². The Bertz CT molecular complexity index is 1410. The van der Waals surface area contributed by atoms with Crippen molar-refractivity contribution < 1.29 is 28.7 Å². The number of hydrogen-bond acceptors (Lipinski definition) is 6. The minimum atomic E-state index is -0.841. The molecule has 4 rings (SSSR count). The maximum absolute atomic E-state index is 13.5. The Morgan fingerprint density at radius 2 is 0.972 bits per heavy atom. The van der Waals surface area contributed by atoms with Gasteiger partial charge in [0.25, 0.3) is 0 Å². The van der Waals surface area contributed by atoms with Crippen LogP contribution in [-0.4, -0.2) is 45.1 Å². The molecule has 0 spiro atoms. The van der Waals surface area contributed by atoms with Gasteiger partial charge in [-0.05, 0) is 53.7 Å². The number of ether oxygens (including phenoxy) is 2. The maximum atomic E-state index is 13.5. The fourth-order valence-electron chi connectivity index (χ4n) is 4.23. The molecule has 0 saturated carbocycles. The van der Waals surface area contributed by atoms with Crippen molar-refractivity contribution in [2.45, 2.75) is 52.7 Å². The van der Waals surface area contributed by atoms with Crippen molar-refractivity contribution in [1.82, 2.24) is 9.13 Å². The predicted octanol–water partition coefficient (Wildman–Crippen LogP) is 6.45. The molecule has 4 aromatic rings. The van der Waals surface area contributed by atoms with Crippen molar-refractivity contribution in [3.8, 4) is 11.4 Å². The molecule has 0 atom stereocenters. The number of hydrogen-bond donors (Lipinski definition) is 0. The molecule has 0 saturated heterocycles. The van der Waals surface area contributed by atoms with Crippen LogP contribution in [0.5, 0.6) is 0 Å². The number of benzene rings is 2. The Labute approximate surface area is 208 Å². The number of aromatic nitrogens is 2. The standard InChI is InChI=1S/C28H28N2O6/c1-27(2,3)35-25(33)29-21-13-9-7-11-17(21)19(15-31)23(29)24-20(16-32)18-12-8-10-14-22(18)30(24)26(34)36-28(4,5)6/h7-16H,1-6H3. The Kier molecular flexibility index (Phi) is 6.08. The van der Waals surface area contributed by atoms with Gasteiger partial charge in [-0.3, -0.25) is 9.59 Å². The number of carbonyl (C=O) groups excluding carboxylic acids is 4. The maximum Gasteiger partial charge on any atom is 0.419 e. The summed E-state index contributed by atoms with van der Waals surface area (Å²) in [7, 11) is 0. The predicted molar refractivity (Wildman–Crippen MR) is 137 cm³/mol. The number of aldehydes is 2. The molecule has 0 unspecified atom stereocenters. The highest BCUT2D eigenvalue weighted by atomic mass is 16.6. The fraction of sp³-hybridized carbons (Fsp3) is 0.286. The summed E-state index contributed by atoms with van der Waals surface area (Å²) >= 11 is 0. The number of para-hydroxylation sites is 2. The van der Waals surface area contributed by atoms with Crippen LogP contribution >= 0.6 is 0 Å². The van der Waals surface area contributed by atoms with Gasteiger partial charge in [0.2, 0.25) is 0 Å². The van der Waals surface area contributed by atoms with Gasteiger partial charge < -0.3 is 9.47 Å². The molecule has 0 N–H and O–H groups in total. The lowest BCUT2D eigenvalue weighted by atomic mass is 10.1. The molecule has 2 heterocycles. The lowest BCUT2D eigenvalue weighted by Crippen LogP contribution is -2.29. The molecule has 8 nitrogen and oxygen atoms in total. The molecule has 0 aliphatic carbocycles. The third-order valence-corrected chi connectivity index (χ3v) is 5.44. The van der Waals surface area contributed by atoms with Crippen molar-refractivity contribution in [2.75, 3.05) is 0 Å². The van der Waals surface area contributed by atoms with Gasteiger partial charge in [-0.2, -0.15) is 0 Å². The second kappa shape index (κ2) is 8.78. The fourth-order valence-corrected chi connectivity index (χ4v) is 4.23. The third-order valence-electron chi connectivity index (χ3n) is 5.44. The Morgan fingerprint density at radius 1 is 0.639 bits per heavy atom. The largest absolute Gasteiger partial charge is 0.443 e. The van der Waals surface area contributed by atoms with Crippen LogP contribution in [0.1, 0.15) is 62.3 Å². The van der Waals surface area contributed by atoms with E-state index in [1.165, 1.54) is 9.13 Å². The van der Waals surface area contributed by atoms with Gasteiger partial charge in [0.1, 0.15) is 11.2 Å². The molecule has 2 aromatic heterocycles. The Hall–Kier alpha value is -4.20. The second-order valence-electron chi connectivity index (χ2n) is 10.4. The zero-order valence-corrected chi connectivity index (χ0v) is 21.1. The highest BCUT2D eigenvalue weighted by Crippen LogP contribution is 2.39. The summed E-state index contributed by atoms with van der Waals surface area (Å²) in [5, 5.41) is 0.956. The summed E-state index contributed by atoms with van der Waals surface area (Å²) in [5.74, 6) is 0. The average Bonchev–Trinajstić information content (AvgIpc) is 3.28. The SMILES string of the molecule is CC(C)(C)OC(=O)n1c(-c2c(C=O)c3ccccc3n2C(=O)OC(C)(C)C)c(C=O)c2ccccc21. The minimum Gasteiger partial charge on any atom is -0.443 e. The molecule has 0 aliphatic heterocycles. The van der Waals surface area contributed by atoms with Crippen molar-refractivity contribution in [1.29, 1.82) is 0 Å². The Morgan fingerprint density at radius 3 is 1.28 bits per heavy atom. The van der Waals surface area contributed by atoms with Crippen molar-refractivity contribution in [3.63, 3.8) is 0 Å². The first kappa shape index (κ1) is 24.9. The summed E-state index contributed by atoms with van der Waals surface area (Å²) in [6, 6.07) is 13.7. The number of carbonyl (C=O) groups is 4. The van der Waals surface area contributed by atoms with Crippen LogP contribution in [0.2, 0.25) is 0 Å². The molecule has 2 aromatic carbocycles. The van der Waals surface area contributed by atoms with Gasteiger partial charge in [0, 0.05) is 10.8 Å². The van der Waals surface area contributed by atoms with E-state index in [4.69, 9.17) is 9.47 Å². The smallest absolute Gasteiger partial charge is 0.419 e. The van der Waals surface area contributed by atoms with Crippen LogP contribution in [0.3, 0.4) is 0 Å². The van der Waals surface area contributed by atoms with Gasteiger partial charge in [-0.25, -0.2) is 18.7 Å². The van der Waals surface area contributed by atoms with Crippen LogP contribution in [0.15, 0.2) is 48.5 Å². The van der Waals surface area contributed by atoms with E-state index in [0.717, 1.165) is 0 Å². The summed E-state index contributed by atoms with van der Waals surface area (Å²) < 4.78 is 13.8. The molecule has 0 aliphatic rings. The van der Waals surface area contributed by atoms with E-state index in [2.05, 4.69) is 0 Å². The monoisotopic (exact) mass is 488 g/mol. The molecule has 36 heavy (non-hydrogen) atoms. The zero-order valence-electron chi connectivity index (χ0n) is 21.1. The molecular weight excluding hydrogens is 460 g/mol.